The fraction of sp³-hybridized carbons (Fsp3) is 0.300. The second-order valence-electron chi connectivity index (χ2n) is 6.70. The second kappa shape index (κ2) is 9.87. The lowest BCUT2D eigenvalue weighted by atomic mass is 10.1. The molecule has 0 radical (unpaired) electrons. The van der Waals surface area contributed by atoms with Crippen LogP contribution >= 0.6 is 11.6 Å². The molecule has 9 heteroatoms. The van der Waals surface area contributed by atoms with Crippen molar-refractivity contribution >= 4 is 33.5 Å². The molecular weight excluding hydrogens is 416 g/mol. The average molecular weight is 439 g/mol. The van der Waals surface area contributed by atoms with Crippen LogP contribution in [-0.2, 0) is 26.1 Å². The summed E-state index contributed by atoms with van der Waals surface area (Å²) >= 11 is 5.80. The molecule has 2 aromatic carbocycles. The van der Waals surface area contributed by atoms with E-state index in [2.05, 4.69) is 14.8 Å². The van der Waals surface area contributed by atoms with Gasteiger partial charge in [0, 0.05) is 17.1 Å². The second-order valence-corrected chi connectivity index (χ2v) is 8.85. The van der Waals surface area contributed by atoms with Crippen molar-refractivity contribution in [1.82, 2.24) is 10.0 Å². The van der Waals surface area contributed by atoms with Gasteiger partial charge >= 0.3 is 5.97 Å². The molecule has 0 saturated heterocycles. The minimum absolute atomic E-state index is 0.0137. The van der Waals surface area contributed by atoms with E-state index in [4.69, 9.17) is 11.6 Å². The van der Waals surface area contributed by atoms with Crippen LogP contribution in [0, 0.1) is 5.92 Å². The number of carbonyl (C=O) groups excluding carboxylic acids is 2. The first-order valence-electron chi connectivity index (χ1n) is 8.87. The molecule has 0 aliphatic rings. The number of ether oxygens (including phenoxy) is 1. The molecule has 0 aliphatic carbocycles. The lowest BCUT2D eigenvalue weighted by Crippen LogP contribution is -2.44. The number of benzene rings is 2. The van der Waals surface area contributed by atoms with E-state index in [1.54, 1.807) is 50.2 Å². The largest absolute Gasteiger partial charge is 0.468 e. The molecule has 0 aromatic heterocycles. The van der Waals surface area contributed by atoms with Crippen LogP contribution < -0.4 is 10.0 Å². The van der Waals surface area contributed by atoms with E-state index in [0.29, 0.717) is 10.6 Å². The van der Waals surface area contributed by atoms with E-state index in [1.807, 2.05) is 0 Å². The molecule has 0 fully saturated rings. The van der Waals surface area contributed by atoms with Gasteiger partial charge in [-0.2, -0.15) is 4.72 Å². The summed E-state index contributed by atoms with van der Waals surface area (Å²) < 4.78 is 32.1. The van der Waals surface area contributed by atoms with Crippen molar-refractivity contribution in [2.24, 2.45) is 5.92 Å². The maximum absolute atomic E-state index is 12.6. The molecule has 0 unspecified atom stereocenters. The zero-order valence-electron chi connectivity index (χ0n) is 16.3. The normalized spacial score (nSPS) is 12.4. The van der Waals surface area contributed by atoms with Crippen LogP contribution in [0.3, 0.4) is 0 Å². The Morgan fingerprint density at radius 1 is 1.03 bits per heavy atom. The third-order valence-electron chi connectivity index (χ3n) is 4.20. The number of methoxy groups -OCH3 is 1. The lowest BCUT2D eigenvalue weighted by molar-refractivity contribution is -0.143. The van der Waals surface area contributed by atoms with Gasteiger partial charge in [-0.05, 0) is 47.9 Å². The summed E-state index contributed by atoms with van der Waals surface area (Å²) in [5, 5.41) is 3.29. The maximum atomic E-state index is 12.6. The van der Waals surface area contributed by atoms with Gasteiger partial charge in [-0.3, -0.25) is 9.59 Å². The van der Waals surface area contributed by atoms with Crippen LogP contribution in [0.15, 0.2) is 53.4 Å². The SMILES string of the molecule is COC(=O)[C@@H](NS(=O)(=O)c1ccc(CNC(=O)c2ccc(Cl)cc2)cc1)C(C)C. The number of hydrogen-bond donors (Lipinski definition) is 2. The van der Waals surface area contributed by atoms with Crippen LogP contribution in [0.4, 0.5) is 0 Å². The summed E-state index contributed by atoms with van der Waals surface area (Å²) in [6.45, 7) is 3.67. The van der Waals surface area contributed by atoms with Crippen LogP contribution in [0.25, 0.3) is 0 Å². The molecule has 156 valence electrons. The van der Waals surface area contributed by atoms with E-state index in [-0.39, 0.29) is 23.3 Å². The lowest BCUT2D eigenvalue weighted by Gasteiger charge is -2.19. The smallest absolute Gasteiger partial charge is 0.324 e. The van der Waals surface area contributed by atoms with Crippen molar-refractivity contribution in [3.63, 3.8) is 0 Å². The molecule has 2 aromatic rings. The van der Waals surface area contributed by atoms with E-state index in [1.165, 1.54) is 19.2 Å². The van der Waals surface area contributed by atoms with Crippen LogP contribution in [0.2, 0.25) is 5.02 Å². The van der Waals surface area contributed by atoms with Gasteiger partial charge in [0.05, 0.1) is 12.0 Å². The number of halogens is 1. The Labute approximate surface area is 175 Å². The van der Waals surface area contributed by atoms with Crippen molar-refractivity contribution in [2.75, 3.05) is 7.11 Å². The zero-order chi connectivity index (χ0) is 21.6. The Morgan fingerprint density at radius 3 is 2.14 bits per heavy atom. The molecule has 0 spiro atoms. The van der Waals surface area contributed by atoms with Gasteiger partial charge in [0.2, 0.25) is 10.0 Å². The molecule has 0 heterocycles. The molecule has 2 N–H and O–H groups in total. The summed E-state index contributed by atoms with van der Waals surface area (Å²) in [7, 11) is -2.70. The van der Waals surface area contributed by atoms with Gasteiger partial charge < -0.3 is 10.1 Å². The molecule has 7 nitrogen and oxygen atoms in total. The van der Waals surface area contributed by atoms with Crippen molar-refractivity contribution in [1.29, 1.82) is 0 Å². The molecule has 2 rings (SSSR count). The Kier molecular flexibility index (Phi) is 7.78. The fourth-order valence-electron chi connectivity index (χ4n) is 2.49. The van der Waals surface area contributed by atoms with Crippen molar-refractivity contribution in [3.05, 3.63) is 64.7 Å². The molecule has 0 bridgehead atoms. The highest BCUT2D eigenvalue weighted by atomic mass is 35.5. The number of sulfonamides is 1. The van der Waals surface area contributed by atoms with E-state index < -0.39 is 22.0 Å². The topological polar surface area (TPSA) is 102 Å². The van der Waals surface area contributed by atoms with Gasteiger partial charge in [-0.15, -0.1) is 0 Å². The van der Waals surface area contributed by atoms with Gasteiger partial charge in [-0.1, -0.05) is 37.6 Å². The Morgan fingerprint density at radius 2 is 1.62 bits per heavy atom. The minimum Gasteiger partial charge on any atom is -0.468 e. The Bertz CT molecular complexity index is 957. The predicted molar refractivity (Wildman–Crippen MR) is 110 cm³/mol. The van der Waals surface area contributed by atoms with Gasteiger partial charge in [0.15, 0.2) is 0 Å². The fourth-order valence-corrected chi connectivity index (χ4v) is 3.95. The third kappa shape index (κ3) is 6.28. The number of rotatable bonds is 8. The molecule has 0 saturated carbocycles. The number of hydrogen-bond acceptors (Lipinski definition) is 5. The number of esters is 1. The van der Waals surface area contributed by atoms with Crippen LogP contribution in [0.5, 0.6) is 0 Å². The van der Waals surface area contributed by atoms with Gasteiger partial charge in [-0.25, -0.2) is 8.42 Å². The van der Waals surface area contributed by atoms with Gasteiger partial charge in [0.25, 0.3) is 5.91 Å². The molecule has 0 aliphatic heterocycles. The molecule has 1 amide bonds. The highest BCUT2D eigenvalue weighted by Gasteiger charge is 2.29. The highest BCUT2D eigenvalue weighted by Crippen LogP contribution is 2.14. The molecular formula is C20H23ClN2O5S. The summed E-state index contributed by atoms with van der Waals surface area (Å²) in [4.78, 5) is 23.9. The quantitative estimate of drug-likeness (QED) is 0.617. The van der Waals surface area contributed by atoms with E-state index >= 15 is 0 Å². The van der Waals surface area contributed by atoms with Crippen molar-refractivity contribution < 1.29 is 22.7 Å². The number of nitrogens with one attached hydrogen (secondary N) is 2. The standard InChI is InChI=1S/C20H23ClN2O5S/c1-13(2)18(20(25)28-3)23-29(26,27)17-10-4-14(5-11-17)12-22-19(24)15-6-8-16(21)9-7-15/h4-11,13,18,23H,12H2,1-3H3,(H,22,24)/t18-/m0/s1. The monoisotopic (exact) mass is 438 g/mol. The first-order chi connectivity index (χ1) is 13.6. The predicted octanol–water partition coefficient (Wildman–Crippen LogP) is 2.75. The zero-order valence-corrected chi connectivity index (χ0v) is 17.9. The van der Waals surface area contributed by atoms with E-state index in [9.17, 15) is 18.0 Å². The van der Waals surface area contributed by atoms with Crippen LogP contribution in [0.1, 0.15) is 29.8 Å². The maximum Gasteiger partial charge on any atom is 0.324 e. The third-order valence-corrected chi connectivity index (χ3v) is 5.91. The van der Waals surface area contributed by atoms with Crippen LogP contribution in [-0.4, -0.2) is 33.4 Å². The highest BCUT2D eigenvalue weighted by molar-refractivity contribution is 7.89. The van der Waals surface area contributed by atoms with Crippen molar-refractivity contribution in [2.45, 2.75) is 31.3 Å². The first kappa shape index (κ1) is 22.9. The molecule has 29 heavy (non-hydrogen) atoms. The molecule has 1 atom stereocenters. The van der Waals surface area contributed by atoms with Crippen molar-refractivity contribution in [3.8, 4) is 0 Å². The Balaban J connectivity index is 2.04. The first-order valence-corrected chi connectivity index (χ1v) is 10.7. The summed E-state index contributed by atoms with van der Waals surface area (Å²) in [5.74, 6) is -1.19. The summed E-state index contributed by atoms with van der Waals surface area (Å²) in [6.07, 6.45) is 0. The summed E-state index contributed by atoms with van der Waals surface area (Å²) in [5.41, 5.74) is 1.19. The number of amides is 1. The van der Waals surface area contributed by atoms with E-state index in [0.717, 1.165) is 5.56 Å². The number of carbonyl (C=O) groups is 2. The average Bonchev–Trinajstić information content (AvgIpc) is 2.70. The van der Waals surface area contributed by atoms with Gasteiger partial charge in [0.1, 0.15) is 6.04 Å². The summed E-state index contributed by atoms with van der Waals surface area (Å²) in [6, 6.07) is 11.5. The minimum atomic E-state index is -3.91. The Hall–Kier alpha value is -2.42.